The fourth-order valence-electron chi connectivity index (χ4n) is 6.09. The molecule has 4 aliphatic rings. The van der Waals surface area contributed by atoms with Crippen LogP contribution in [0.25, 0.3) is 0 Å². The molecule has 0 fully saturated rings. The van der Waals surface area contributed by atoms with E-state index in [2.05, 4.69) is 65.8 Å². The molecule has 210 valence electrons. The van der Waals surface area contributed by atoms with Gasteiger partial charge in [-0.2, -0.15) is 0 Å². The van der Waals surface area contributed by atoms with Gasteiger partial charge in [0.2, 0.25) is 0 Å². The summed E-state index contributed by atoms with van der Waals surface area (Å²) in [6.07, 6.45) is 0. The Morgan fingerprint density at radius 3 is 0.925 bits per heavy atom. The van der Waals surface area contributed by atoms with E-state index in [0.29, 0.717) is 89.7 Å². The average molecular weight is 920 g/mol. The summed E-state index contributed by atoms with van der Waals surface area (Å²) in [5.41, 5.74) is 18.3. The van der Waals surface area contributed by atoms with E-state index in [-0.39, 0.29) is 10.8 Å². The third-order valence-electron chi connectivity index (χ3n) is 8.47. The van der Waals surface area contributed by atoms with Gasteiger partial charge in [-0.05, 0) is 0 Å². The quantitative estimate of drug-likeness (QED) is 0.305. The first-order chi connectivity index (χ1) is 19.1. The zero-order valence-electron chi connectivity index (χ0n) is 24.4. The molecule has 4 heterocycles. The van der Waals surface area contributed by atoms with Gasteiger partial charge < -0.3 is 0 Å². The molecule has 4 bridgehead atoms. The van der Waals surface area contributed by atoms with Gasteiger partial charge in [-0.3, -0.25) is 0 Å². The SMILES string of the molecule is CC(C)(C)c1cc2c3c(c1)C[Se]Cc1c4c5c(c(c1[Se]3)C[Se]C2)C[Se]Cc1cc(C(C)(C)C)cc(c1[Se]5)C[Se]C4. The first-order valence-electron chi connectivity index (χ1n) is 14.3. The van der Waals surface area contributed by atoms with Crippen LogP contribution in [0.2, 0.25) is 0 Å². The van der Waals surface area contributed by atoms with Crippen molar-refractivity contribution in [3.05, 3.63) is 79.9 Å². The van der Waals surface area contributed by atoms with Gasteiger partial charge in [-0.15, -0.1) is 0 Å². The molecule has 40 heavy (non-hydrogen) atoms. The van der Waals surface area contributed by atoms with E-state index in [0.717, 1.165) is 0 Å². The second-order valence-electron chi connectivity index (χ2n) is 13.5. The van der Waals surface area contributed by atoms with Crippen LogP contribution in [0, 0.1) is 0 Å². The molecule has 0 aliphatic carbocycles. The van der Waals surface area contributed by atoms with Gasteiger partial charge in [0.05, 0.1) is 0 Å². The van der Waals surface area contributed by atoms with E-state index in [1.165, 1.54) is 42.6 Å². The standard InChI is InChI=1S/C34H38Se6/c1-33(2,3)23-7-19-11-35-15-25-27-17-37-13-21-9-24(34(4,5)6)10-22-14-38-18-28(32(27)40-30(21)22)26-16-36-12-20(8-23)29(19)39-31(25)26/h7-10H,11-18H2,1-6H3. The van der Waals surface area contributed by atoms with E-state index in [9.17, 15) is 0 Å². The van der Waals surface area contributed by atoms with E-state index in [4.69, 9.17) is 0 Å². The Bertz CT molecular complexity index is 1320. The van der Waals surface area contributed by atoms with Gasteiger partial charge in [0.15, 0.2) is 0 Å². The van der Waals surface area contributed by atoms with Gasteiger partial charge in [0.25, 0.3) is 0 Å². The average Bonchev–Trinajstić information content (AvgIpc) is 2.82. The van der Waals surface area contributed by atoms with Gasteiger partial charge in [-0.1, -0.05) is 0 Å². The van der Waals surface area contributed by atoms with Crippen LogP contribution < -0.4 is 17.8 Å². The molecule has 4 aliphatic heterocycles. The Morgan fingerprint density at radius 2 is 0.675 bits per heavy atom. The second-order valence-corrected chi connectivity index (χ2v) is 26.0. The third kappa shape index (κ3) is 5.45. The minimum atomic E-state index is 0.248. The van der Waals surface area contributed by atoms with E-state index in [1.807, 2.05) is 40.1 Å². The number of fused-ring (bicyclic) bond motifs is 2. The van der Waals surface area contributed by atoms with Crippen molar-refractivity contribution in [1.29, 1.82) is 0 Å². The molecular formula is C34H38Se6. The van der Waals surface area contributed by atoms with E-state index in [1.54, 1.807) is 33.4 Å². The minimum absolute atomic E-state index is 0.248. The summed E-state index contributed by atoms with van der Waals surface area (Å²) < 4.78 is 7.45. The zero-order chi connectivity index (χ0) is 27.8. The molecule has 0 spiro atoms. The molecule has 0 unspecified atom stereocenters. The van der Waals surface area contributed by atoms with Crippen molar-refractivity contribution in [2.45, 2.75) is 94.9 Å². The molecule has 0 saturated heterocycles. The molecule has 6 heteroatoms. The van der Waals surface area contributed by atoms with Crippen molar-refractivity contribution in [3.63, 3.8) is 0 Å². The summed E-state index contributed by atoms with van der Waals surface area (Å²) in [7, 11) is 0. The molecule has 0 N–H and O–H groups in total. The summed E-state index contributed by atoms with van der Waals surface area (Å²) in [6, 6.07) is 10.6. The molecule has 3 aromatic carbocycles. The van der Waals surface area contributed by atoms with Crippen molar-refractivity contribution < 1.29 is 0 Å². The summed E-state index contributed by atoms with van der Waals surface area (Å²) in [5, 5.41) is 11.0. The van der Waals surface area contributed by atoms with Crippen LogP contribution in [0.5, 0.6) is 0 Å². The summed E-state index contributed by atoms with van der Waals surface area (Å²) in [5.74, 6) is 0. The molecule has 0 nitrogen and oxygen atoms in total. The Hall–Kier alpha value is 0.777. The summed E-state index contributed by atoms with van der Waals surface area (Å²) in [6.45, 7) is 14.5. The van der Waals surface area contributed by atoms with Crippen LogP contribution in [0.1, 0.15) is 97.2 Å². The predicted octanol–water partition coefficient (Wildman–Crippen LogP) is 2.46. The molecule has 0 atom stereocenters. The van der Waals surface area contributed by atoms with Crippen molar-refractivity contribution in [1.82, 2.24) is 0 Å². The Morgan fingerprint density at radius 1 is 0.400 bits per heavy atom. The zero-order valence-corrected chi connectivity index (χ0v) is 34.7. The van der Waals surface area contributed by atoms with Crippen LogP contribution >= 0.6 is 0 Å². The molecule has 0 aromatic heterocycles. The van der Waals surface area contributed by atoms with Crippen molar-refractivity contribution in [3.8, 4) is 0 Å². The fourth-order valence-corrected chi connectivity index (χ4v) is 24.5. The first-order valence-corrected chi connectivity index (χ1v) is 27.4. The first kappa shape index (κ1) is 29.5. The van der Waals surface area contributed by atoms with Crippen LogP contribution in [0.15, 0.2) is 24.3 Å². The number of hydrogen-bond donors (Lipinski definition) is 0. The van der Waals surface area contributed by atoms with Crippen molar-refractivity contribution in [2.24, 2.45) is 0 Å². The van der Waals surface area contributed by atoms with Gasteiger partial charge >= 0.3 is 282 Å². The Balaban J connectivity index is 1.42. The second kappa shape index (κ2) is 11.3. The van der Waals surface area contributed by atoms with Crippen molar-refractivity contribution >= 4 is 108 Å². The van der Waals surface area contributed by atoms with Gasteiger partial charge in [-0.25, -0.2) is 0 Å². The number of benzene rings is 3. The van der Waals surface area contributed by atoms with Crippen LogP contribution in [-0.2, 0) is 53.4 Å². The number of rotatable bonds is 0. The molecule has 0 amide bonds. The Labute approximate surface area is 279 Å². The monoisotopic (exact) mass is 926 g/mol. The van der Waals surface area contributed by atoms with Crippen molar-refractivity contribution in [2.75, 3.05) is 0 Å². The molecule has 0 saturated carbocycles. The van der Waals surface area contributed by atoms with Gasteiger partial charge in [0.1, 0.15) is 0 Å². The maximum atomic E-state index is 2.65. The Kier molecular flexibility index (Phi) is 8.32. The van der Waals surface area contributed by atoms with Crippen LogP contribution in [0.3, 0.4) is 0 Å². The third-order valence-corrected chi connectivity index (χ3v) is 22.9. The fraction of sp³-hybridized carbons (Fsp3) is 0.471. The normalized spacial score (nSPS) is 18.4. The van der Waals surface area contributed by atoms with E-state index >= 15 is 0 Å². The molecule has 3 aromatic rings. The summed E-state index contributed by atoms with van der Waals surface area (Å²) >= 11 is 3.62. The molecular weight excluding hydrogens is 882 g/mol. The van der Waals surface area contributed by atoms with Crippen LogP contribution in [-0.4, -0.2) is 89.7 Å². The van der Waals surface area contributed by atoms with Gasteiger partial charge in [0, 0.05) is 0 Å². The topological polar surface area (TPSA) is 0 Å². The predicted molar refractivity (Wildman–Crippen MR) is 179 cm³/mol. The molecule has 7 rings (SSSR count). The van der Waals surface area contributed by atoms with E-state index < -0.39 is 0 Å². The van der Waals surface area contributed by atoms with Crippen LogP contribution in [0.4, 0.5) is 0 Å². The maximum absolute atomic E-state index is 2.65. The summed E-state index contributed by atoms with van der Waals surface area (Å²) in [4.78, 5) is 0. The molecule has 0 radical (unpaired) electrons. The number of hydrogen-bond acceptors (Lipinski definition) is 0.